The topological polar surface area (TPSA) is 81.9 Å². The number of furan rings is 1. The number of morpholine rings is 1. The number of nitrogens with one attached hydrogen (secondary N) is 1. The summed E-state index contributed by atoms with van der Waals surface area (Å²) in [5.74, 6) is 2.37. The summed E-state index contributed by atoms with van der Waals surface area (Å²) in [6.45, 7) is 6.59. The van der Waals surface area contributed by atoms with Crippen LogP contribution in [0, 0.1) is 0 Å². The van der Waals surface area contributed by atoms with Gasteiger partial charge in [-0.15, -0.1) is 0 Å². The highest BCUT2D eigenvalue weighted by Gasteiger charge is 2.23. The van der Waals surface area contributed by atoms with Gasteiger partial charge in [0.2, 0.25) is 5.71 Å². The quantitative estimate of drug-likeness (QED) is 0.349. The average molecular weight is 501 g/mol. The number of rotatable bonds is 9. The fourth-order valence-corrected chi connectivity index (χ4v) is 4.99. The predicted molar refractivity (Wildman–Crippen MR) is 143 cm³/mol. The Hall–Kier alpha value is -3.46. The van der Waals surface area contributed by atoms with Gasteiger partial charge in [0, 0.05) is 43.9 Å². The van der Waals surface area contributed by atoms with Crippen molar-refractivity contribution in [2.75, 3.05) is 57.9 Å². The zero-order valence-electron chi connectivity index (χ0n) is 20.9. The van der Waals surface area contributed by atoms with Gasteiger partial charge >= 0.3 is 0 Å². The molecule has 6 rings (SSSR count). The summed E-state index contributed by atoms with van der Waals surface area (Å²) in [6, 6.07) is 18.3. The lowest BCUT2D eigenvalue weighted by Crippen LogP contribution is -2.38. The van der Waals surface area contributed by atoms with Crippen LogP contribution < -0.4 is 10.1 Å². The monoisotopic (exact) mass is 500 g/mol. The molecule has 1 atom stereocenters. The molecule has 2 aromatic carbocycles. The molecule has 2 aromatic heterocycles. The number of anilines is 1. The zero-order chi connectivity index (χ0) is 24.9. The first-order valence-electron chi connectivity index (χ1n) is 13.1. The third-order valence-electron chi connectivity index (χ3n) is 6.97. The van der Waals surface area contributed by atoms with Gasteiger partial charge in [0.1, 0.15) is 30.3 Å². The van der Waals surface area contributed by atoms with E-state index in [-0.39, 0.29) is 6.10 Å². The van der Waals surface area contributed by atoms with Crippen LogP contribution in [0.4, 0.5) is 5.82 Å². The normalized spacial score (nSPS) is 18.3. The minimum absolute atomic E-state index is 0.201. The SMILES string of the molecule is c1ccc(-c2c(-c3ccc(OCCN4CCOCC4)cc3)oc3ncnc(NC[C@@H]4CCCO4)c23)cc1. The summed E-state index contributed by atoms with van der Waals surface area (Å²) in [4.78, 5) is 11.4. The van der Waals surface area contributed by atoms with Crippen LogP contribution in [0.2, 0.25) is 0 Å². The number of hydrogen-bond acceptors (Lipinski definition) is 8. The summed E-state index contributed by atoms with van der Waals surface area (Å²) in [5.41, 5.74) is 3.55. The van der Waals surface area contributed by atoms with Crippen molar-refractivity contribution in [1.82, 2.24) is 14.9 Å². The van der Waals surface area contributed by atoms with Crippen molar-refractivity contribution in [1.29, 1.82) is 0 Å². The first-order chi connectivity index (χ1) is 18.3. The molecule has 37 heavy (non-hydrogen) atoms. The van der Waals surface area contributed by atoms with Gasteiger partial charge in [-0.05, 0) is 42.7 Å². The molecule has 4 heterocycles. The minimum atomic E-state index is 0.201. The maximum atomic E-state index is 6.37. The molecule has 4 aromatic rings. The van der Waals surface area contributed by atoms with Crippen LogP contribution in [0.1, 0.15) is 12.8 Å². The van der Waals surface area contributed by atoms with Crippen LogP contribution in [-0.4, -0.2) is 73.6 Å². The number of ether oxygens (including phenoxy) is 3. The lowest BCUT2D eigenvalue weighted by Gasteiger charge is -2.26. The molecular weight excluding hydrogens is 468 g/mol. The highest BCUT2D eigenvalue weighted by molar-refractivity contribution is 6.05. The molecule has 2 aliphatic rings. The van der Waals surface area contributed by atoms with Crippen LogP contribution >= 0.6 is 0 Å². The molecule has 192 valence electrons. The molecule has 0 amide bonds. The summed E-state index contributed by atoms with van der Waals surface area (Å²) in [5, 5.41) is 4.38. The Labute approximate surface area is 216 Å². The second-order valence-corrected chi connectivity index (χ2v) is 9.42. The Bertz CT molecular complexity index is 1300. The first-order valence-corrected chi connectivity index (χ1v) is 13.1. The van der Waals surface area contributed by atoms with E-state index in [1.54, 1.807) is 6.33 Å². The van der Waals surface area contributed by atoms with Gasteiger partial charge in [-0.2, -0.15) is 0 Å². The number of nitrogens with zero attached hydrogens (tertiary/aromatic N) is 3. The van der Waals surface area contributed by atoms with Gasteiger partial charge in [0.05, 0.1) is 24.7 Å². The van der Waals surface area contributed by atoms with Gasteiger partial charge in [-0.3, -0.25) is 4.90 Å². The van der Waals surface area contributed by atoms with Crippen molar-refractivity contribution in [2.45, 2.75) is 18.9 Å². The lowest BCUT2D eigenvalue weighted by molar-refractivity contribution is 0.0322. The van der Waals surface area contributed by atoms with E-state index >= 15 is 0 Å². The molecule has 2 saturated heterocycles. The van der Waals surface area contributed by atoms with E-state index in [1.165, 1.54) is 0 Å². The van der Waals surface area contributed by atoms with Crippen molar-refractivity contribution in [3.8, 4) is 28.2 Å². The maximum Gasteiger partial charge on any atom is 0.232 e. The summed E-state index contributed by atoms with van der Waals surface area (Å²) in [6.07, 6.45) is 3.91. The fourth-order valence-electron chi connectivity index (χ4n) is 4.99. The molecule has 0 spiro atoms. The number of hydrogen-bond donors (Lipinski definition) is 1. The molecular formula is C29H32N4O4. The Balaban J connectivity index is 1.27. The highest BCUT2D eigenvalue weighted by atomic mass is 16.5. The summed E-state index contributed by atoms with van der Waals surface area (Å²) < 4.78 is 23.6. The molecule has 0 radical (unpaired) electrons. The molecule has 2 aliphatic heterocycles. The van der Waals surface area contributed by atoms with Gasteiger partial charge in [-0.25, -0.2) is 9.97 Å². The van der Waals surface area contributed by atoms with Gasteiger partial charge in [0.25, 0.3) is 0 Å². The van der Waals surface area contributed by atoms with Crippen molar-refractivity contribution < 1.29 is 18.6 Å². The summed E-state index contributed by atoms with van der Waals surface area (Å²) in [7, 11) is 0. The minimum Gasteiger partial charge on any atom is -0.492 e. The largest absolute Gasteiger partial charge is 0.492 e. The molecule has 0 saturated carbocycles. The van der Waals surface area contributed by atoms with Crippen LogP contribution in [-0.2, 0) is 9.47 Å². The molecule has 0 unspecified atom stereocenters. The average Bonchev–Trinajstić information content (AvgIpc) is 3.62. The van der Waals surface area contributed by atoms with Crippen molar-refractivity contribution in [3.63, 3.8) is 0 Å². The summed E-state index contributed by atoms with van der Waals surface area (Å²) >= 11 is 0. The Morgan fingerprint density at radius 3 is 2.57 bits per heavy atom. The zero-order valence-corrected chi connectivity index (χ0v) is 20.9. The van der Waals surface area contributed by atoms with E-state index in [9.17, 15) is 0 Å². The lowest BCUT2D eigenvalue weighted by atomic mass is 9.99. The van der Waals surface area contributed by atoms with Gasteiger partial charge in [-0.1, -0.05) is 30.3 Å². The van der Waals surface area contributed by atoms with E-state index in [0.717, 1.165) is 91.7 Å². The Morgan fingerprint density at radius 1 is 0.946 bits per heavy atom. The number of aromatic nitrogens is 2. The molecule has 8 nitrogen and oxygen atoms in total. The third kappa shape index (κ3) is 5.46. The molecule has 0 bridgehead atoms. The fraction of sp³-hybridized carbons (Fsp3) is 0.379. The molecule has 2 fully saturated rings. The predicted octanol–water partition coefficient (Wildman–Crippen LogP) is 4.86. The van der Waals surface area contributed by atoms with E-state index in [2.05, 4.69) is 32.3 Å². The molecule has 8 heteroatoms. The first kappa shape index (κ1) is 23.9. The van der Waals surface area contributed by atoms with Crippen molar-refractivity contribution in [3.05, 3.63) is 60.9 Å². The van der Waals surface area contributed by atoms with Crippen molar-refractivity contribution >= 4 is 16.9 Å². The second-order valence-electron chi connectivity index (χ2n) is 9.42. The van der Waals surface area contributed by atoms with E-state index < -0.39 is 0 Å². The smallest absolute Gasteiger partial charge is 0.232 e. The third-order valence-corrected chi connectivity index (χ3v) is 6.97. The van der Waals surface area contributed by atoms with Crippen LogP contribution in [0.25, 0.3) is 33.6 Å². The number of fused-ring (bicyclic) bond motifs is 1. The molecule has 1 N–H and O–H groups in total. The van der Waals surface area contributed by atoms with Gasteiger partial charge in [0.15, 0.2) is 0 Å². The van der Waals surface area contributed by atoms with E-state index in [1.807, 2.05) is 42.5 Å². The highest BCUT2D eigenvalue weighted by Crippen LogP contribution is 2.42. The Kier molecular flexibility index (Phi) is 7.30. The van der Waals surface area contributed by atoms with Gasteiger partial charge < -0.3 is 23.9 Å². The number of benzene rings is 2. The van der Waals surface area contributed by atoms with E-state index in [0.29, 0.717) is 18.9 Å². The van der Waals surface area contributed by atoms with Crippen LogP contribution in [0.15, 0.2) is 65.3 Å². The van der Waals surface area contributed by atoms with Crippen LogP contribution in [0.3, 0.4) is 0 Å². The van der Waals surface area contributed by atoms with Crippen LogP contribution in [0.5, 0.6) is 5.75 Å². The second kappa shape index (κ2) is 11.3. The Morgan fingerprint density at radius 2 is 1.78 bits per heavy atom. The standard InChI is InChI=1S/C29H32N4O4/c1-2-5-21(6-3-1)25-26-28(30-19-24-7-4-15-35-24)31-20-32-29(26)37-27(25)22-8-10-23(11-9-22)36-18-14-33-12-16-34-17-13-33/h1-3,5-6,8-11,20,24H,4,7,12-19H2,(H,30,31,32)/t24-/m0/s1. The van der Waals surface area contributed by atoms with Crippen molar-refractivity contribution in [2.24, 2.45) is 0 Å². The molecule has 0 aliphatic carbocycles. The maximum absolute atomic E-state index is 6.37. The van der Waals surface area contributed by atoms with E-state index in [4.69, 9.17) is 18.6 Å².